The number of rotatable bonds is 2. The van der Waals surface area contributed by atoms with E-state index in [1.165, 1.54) is 12.5 Å². The van der Waals surface area contributed by atoms with E-state index in [4.69, 9.17) is 9.47 Å². The van der Waals surface area contributed by atoms with Crippen LogP contribution in [0.4, 0.5) is 0 Å². The Hall–Kier alpha value is -0.380. The summed E-state index contributed by atoms with van der Waals surface area (Å²) >= 11 is 0. The van der Waals surface area contributed by atoms with Gasteiger partial charge >= 0.3 is 0 Å². The van der Waals surface area contributed by atoms with Gasteiger partial charge in [-0.15, -0.1) is 6.58 Å². The normalized spacial score (nSPS) is 33.1. The van der Waals surface area contributed by atoms with Crippen LogP contribution in [0.1, 0.15) is 32.1 Å². The Morgan fingerprint density at radius 2 is 2.07 bits per heavy atom. The third-order valence-corrected chi connectivity index (χ3v) is 3.11. The van der Waals surface area contributed by atoms with Crippen molar-refractivity contribution in [3.8, 4) is 0 Å². The molecule has 0 aromatic rings. The molecule has 0 radical (unpaired) electrons. The van der Waals surface area contributed by atoms with Gasteiger partial charge in [-0.25, -0.2) is 0 Å². The Kier molecular flexibility index (Phi) is 2.91. The lowest BCUT2D eigenvalue weighted by Crippen LogP contribution is -2.35. The van der Waals surface area contributed by atoms with Gasteiger partial charge in [0.05, 0.1) is 6.61 Å². The average molecular weight is 198 g/mol. The molecule has 80 valence electrons. The molecular formula is C11H18O3. The average Bonchev–Trinajstić information content (AvgIpc) is 2.62. The Balaban J connectivity index is 1.95. The molecule has 14 heavy (non-hydrogen) atoms. The van der Waals surface area contributed by atoms with Crippen LogP contribution >= 0.6 is 0 Å². The van der Waals surface area contributed by atoms with E-state index < -0.39 is 6.10 Å². The van der Waals surface area contributed by atoms with Gasteiger partial charge in [0.25, 0.3) is 0 Å². The van der Waals surface area contributed by atoms with Crippen LogP contribution in [-0.2, 0) is 9.47 Å². The molecule has 1 N–H and O–H groups in total. The van der Waals surface area contributed by atoms with Crippen molar-refractivity contribution in [1.29, 1.82) is 0 Å². The summed E-state index contributed by atoms with van der Waals surface area (Å²) in [7, 11) is 0. The Labute approximate surface area is 84.7 Å². The second-order valence-corrected chi connectivity index (χ2v) is 4.16. The first-order chi connectivity index (χ1) is 6.76. The fourth-order valence-corrected chi connectivity index (χ4v) is 2.25. The molecule has 2 atom stereocenters. The fourth-order valence-electron chi connectivity index (χ4n) is 2.25. The molecule has 2 rings (SSSR count). The van der Waals surface area contributed by atoms with E-state index in [0.29, 0.717) is 6.61 Å². The maximum Gasteiger partial charge on any atom is 0.169 e. The highest BCUT2D eigenvalue weighted by Crippen LogP contribution is 2.38. The van der Waals surface area contributed by atoms with Gasteiger partial charge in [0, 0.05) is 12.8 Å². The summed E-state index contributed by atoms with van der Waals surface area (Å²) in [5, 5.41) is 9.55. The minimum Gasteiger partial charge on any atom is -0.386 e. The lowest BCUT2D eigenvalue weighted by atomic mass is 9.94. The molecule has 3 nitrogen and oxygen atoms in total. The number of aliphatic hydroxyl groups excluding tert-OH is 1. The zero-order chi connectivity index (χ0) is 10.0. The SMILES string of the molecule is C=C[C@H](O)[C@H]1COC2(CCCCC2)O1. The van der Waals surface area contributed by atoms with Gasteiger partial charge in [0.1, 0.15) is 12.2 Å². The van der Waals surface area contributed by atoms with Crippen molar-refractivity contribution < 1.29 is 14.6 Å². The molecule has 1 spiro atoms. The van der Waals surface area contributed by atoms with E-state index in [2.05, 4.69) is 6.58 Å². The number of aliphatic hydroxyl groups is 1. The number of ether oxygens (including phenoxy) is 2. The van der Waals surface area contributed by atoms with Crippen molar-refractivity contribution in [3.63, 3.8) is 0 Å². The minimum absolute atomic E-state index is 0.217. The van der Waals surface area contributed by atoms with E-state index in [1.807, 2.05) is 0 Å². The van der Waals surface area contributed by atoms with Gasteiger partial charge in [-0.3, -0.25) is 0 Å². The maximum absolute atomic E-state index is 9.55. The molecule has 1 saturated carbocycles. The summed E-state index contributed by atoms with van der Waals surface area (Å²) in [4.78, 5) is 0. The van der Waals surface area contributed by atoms with E-state index in [-0.39, 0.29) is 11.9 Å². The summed E-state index contributed by atoms with van der Waals surface area (Å²) in [6, 6.07) is 0. The summed E-state index contributed by atoms with van der Waals surface area (Å²) in [6.45, 7) is 4.05. The third kappa shape index (κ3) is 1.85. The number of hydrogen-bond donors (Lipinski definition) is 1. The van der Waals surface area contributed by atoms with Crippen LogP contribution in [0.5, 0.6) is 0 Å². The van der Waals surface area contributed by atoms with E-state index in [1.54, 1.807) is 0 Å². The molecular weight excluding hydrogens is 180 g/mol. The van der Waals surface area contributed by atoms with Gasteiger partial charge in [-0.1, -0.05) is 12.5 Å². The van der Waals surface area contributed by atoms with Gasteiger partial charge in [0.15, 0.2) is 5.79 Å². The van der Waals surface area contributed by atoms with Crippen molar-refractivity contribution in [2.75, 3.05) is 6.61 Å². The van der Waals surface area contributed by atoms with Crippen LogP contribution in [-0.4, -0.2) is 29.7 Å². The van der Waals surface area contributed by atoms with Crippen molar-refractivity contribution in [1.82, 2.24) is 0 Å². The highest BCUT2D eigenvalue weighted by atomic mass is 16.7. The smallest absolute Gasteiger partial charge is 0.169 e. The first-order valence-corrected chi connectivity index (χ1v) is 5.38. The molecule has 0 unspecified atom stereocenters. The maximum atomic E-state index is 9.55. The summed E-state index contributed by atoms with van der Waals surface area (Å²) in [5.41, 5.74) is 0. The van der Waals surface area contributed by atoms with Crippen LogP contribution in [0.25, 0.3) is 0 Å². The zero-order valence-electron chi connectivity index (χ0n) is 8.45. The van der Waals surface area contributed by atoms with E-state index in [9.17, 15) is 5.11 Å². The predicted octanol–water partition coefficient (Wildman–Crippen LogP) is 1.61. The zero-order valence-corrected chi connectivity index (χ0v) is 8.45. The van der Waals surface area contributed by atoms with Crippen molar-refractivity contribution in [2.45, 2.75) is 50.1 Å². The Morgan fingerprint density at radius 3 is 2.71 bits per heavy atom. The van der Waals surface area contributed by atoms with Crippen molar-refractivity contribution in [3.05, 3.63) is 12.7 Å². The quantitative estimate of drug-likeness (QED) is 0.685. The summed E-state index contributed by atoms with van der Waals surface area (Å²) in [5.74, 6) is -0.382. The highest BCUT2D eigenvalue weighted by molar-refractivity contribution is 4.91. The lowest BCUT2D eigenvalue weighted by Gasteiger charge is -2.32. The molecule has 0 aromatic heterocycles. The first kappa shape index (κ1) is 10.1. The molecule has 0 bridgehead atoms. The standard InChI is InChI=1S/C11H18O3/c1-2-9(12)10-8-13-11(14-10)6-4-3-5-7-11/h2,9-10,12H,1,3-8H2/t9-,10+/m0/s1. The third-order valence-electron chi connectivity index (χ3n) is 3.11. The second-order valence-electron chi connectivity index (χ2n) is 4.16. The van der Waals surface area contributed by atoms with Gasteiger partial charge in [0.2, 0.25) is 0 Å². The topological polar surface area (TPSA) is 38.7 Å². The molecule has 3 heteroatoms. The molecule has 0 amide bonds. The summed E-state index contributed by atoms with van der Waals surface area (Å²) < 4.78 is 11.5. The van der Waals surface area contributed by atoms with Crippen LogP contribution in [0.2, 0.25) is 0 Å². The van der Waals surface area contributed by atoms with Gasteiger partial charge < -0.3 is 14.6 Å². The van der Waals surface area contributed by atoms with Gasteiger partial charge in [-0.05, 0) is 12.8 Å². The van der Waals surface area contributed by atoms with Crippen LogP contribution in [0.3, 0.4) is 0 Å². The van der Waals surface area contributed by atoms with E-state index in [0.717, 1.165) is 25.7 Å². The second kappa shape index (κ2) is 4.01. The van der Waals surface area contributed by atoms with Crippen LogP contribution in [0, 0.1) is 0 Å². The Bertz CT molecular complexity index is 209. The van der Waals surface area contributed by atoms with Crippen molar-refractivity contribution in [2.24, 2.45) is 0 Å². The van der Waals surface area contributed by atoms with Gasteiger partial charge in [-0.2, -0.15) is 0 Å². The monoisotopic (exact) mass is 198 g/mol. The number of hydrogen-bond acceptors (Lipinski definition) is 3. The fraction of sp³-hybridized carbons (Fsp3) is 0.818. The largest absolute Gasteiger partial charge is 0.386 e. The molecule has 1 saturated heterocycles. The first-order valence-electron chi connectivity index (χ1n) is 5.38. The van der Waals surface area contributed by atoms with E-state index >= 15 is 0 Å². The lowest BCUT2D eigenvalue weighted by molar-refractivity contribution is -0.193. The van der Waals surface area contributed by atoms with Crippen LogP contribution in [0.15, 0.2) is 12.7 Å². The molecule has 1 aliphatic heterocycles. The minimum atomic E-state index is -0.601. The molecule has 2 aliphatic rings. The Morgan fingerprint density at radius 1 is 1.36 bits per heavy atom. The highest BCUT2D eigenvalue weighted by Gasteiger charge is 2.43. The van der Waals surface area contributed by atoms with Crippen molar-refractivity contribution >= 4 is 0 Å². The molecule has 1 aliphatic carbocycles. The van der Waals surface area contributed by atoms with Crippen LogP contribution < -0.4 is 0 Å². The molecule has 2 fully saturated rings. The molecule has 1 heterocycles. The predicted molar refractivity (Wildman–Crippen MR) is 52.8 cm³/mol. The summed E-state index contributed by atoms with van der Waals surface area (Å²) in [6.07, 6.45) is 6.22. The molecule has 0 aromatic carbocycles.